The maximum Gasteiger partial charge on any atom is 0.330 e. The van der Waals surface area contributed by atoms with Crippen LogP contribution in [0.25, 0.3) is 10.4 Å². The lowest BCUT2D eigenvalue weighted by molar-refractivity contribution is -0.160. The fraction of sp³-hybridized carbons (Fsp3) is 0.600. The Morgan fingerprint density at radius 2 is 2.43 bits per heavy atom. The van der Waals surface area contributed by atoms with Gasteiger partial charge in [0.2, 0.25) is 0 Å². The maximum absolute atomic E-state index is 13.6. The van der Waals surface area contributed by atoms with Crippen molar-refractivity contribution in [1.82, 2.24) is 9.55 Å². The van der Waals surface area contributed by atoms with E-state index in [1.54, 1.807) is 0 Å². The summed E-state index contributed by atoms with van der Waals surface area (Å²) >= 11 is 0. The molecule has 21 heavy (non-hydrogen) atoms. The highest BCUT2D eigenvalue weighted by Crippen LogP contribution is 2.30. The third-order valence-electron chi connectivity index (χ3n) is 3.04. The number of aliphatic hydroxyl groups is 1. The zero-order valence-electron chi connectivity index (χ0n) is 10.8. The highest BCUT2D eigenvalue weighted by Gasteiger charge is 2.41. The molecule has 1 fully saturated rings. The van der Waals surface area contributed by atoms with Crippen LogP contribution in [-0.2, 0) is 9.57 Å². The summed E-state index contributed by atoms with van der Waals surface area (Å²) in [5.41, 5.74) is 7.01. The summed E-state index contributed by atoms with van der Waals surface area (Å²) in [6.07, 6.45) is -4.67. The number of azide groups is 1. The number of ether oxygens (including phenoxy) is 1. The van der Waals surface area contributed by atoms with Gasteiger partial charge in [0.1, 0.15) is 11.5 Å². The lowest BCUT2D eigenvalue weighted by atomic mass is 10.2. The van der Waals surface area contributed by atoms with E-state index < -0.39 is 36.0 Å². The number of alkyl halides is 1. The number of aliphatic hydroxyl groups excluding tert-OH is 1. The minimum atomic E-state index is -2.18. The predicted octanol–water partition coefficient (Wildman–Crippen LogP) is 0.0309. The van der Waals surface area contributed by atoms with E-state index in [0.717, 1.165) is 4.57 Å². The zero-order chi connectivity index (χ0) is 15.6. The van der Waals surface area contributed by atoms with E-state index in [1.165, 1.54) is 13.1 Å². The number of hydrogen-bond donors (Lipinski definition) is 2. The second kappa shape index (κ2) is 5.95. The number of nitrogens with zero attached hydrogens (tertiary/aromatic N) is 4. The highest BCUT2D eigenvalue weighted by atomic mass is 19.1. The van der Waals surface area contributed by atoms with Gasteiger partial charge in [-0.3, -0.25) is 14.3 Å². The fourth-order valence-corrected chi connectivity index (χ4v) is 2.01. The van der Waals surface area contributed by atoms with Crippen molar-refractivity contribution < 1.29 is 19.1 Å². The van der Waals surface area contributed by atoms with Crippen LogP contribution in [0.1, 0.15) is 18.2 Å². The smallest absolute Gasteiger partial charge is 0.330 e. The lowest BCUT2D eigenvalue weighted by Crippen LogP contribution is -2.34. The van der Waals surface area contributed by atoms with Gasteiger partial charge in [-0.05, 0) is 12.5 Å². The monoisotopic (exact) mass is 301 g/mol. The van der Waals surface area contributed by atoms with Crippen LogP contribution < -0.4 is 11.2 Å². The first-order valence-electron chi connectivity index (χ1n) is 5.94. The van der Waals surface area contributed by atoms with Crippen LogP contribution in [0.3, 0.4) is 0 Å². The van der Waals surface area contributed by atoms with E-state index in [2.05, 4.69) is 20.0 Å². The largest absolute Gasteiger partial charge is 0.395 e. The van der Waals surface area contributed by atoms with Gasteiger partial charge in [0.25, 0.3) is 11.9 Å². The van der Waals surface area contributed by atoms with E-state index >= 15 is 0 Å². The molecule has 1 unspecified atom stereocenters. The van der Waals surface area contributed by atoms with Crippen molar-refractivity contribution in [2.75, 3.05) is 0 Å². The molecular formula is C10H12FN5O5. The molecule has 1 aliphatic rings. The van der Waals surface area contributed by atoms with Crippen molar-refractivity contribution >= 4 is 0 Å². The van der Waals surface area contributed by atoms with Crippen molar-refractivity contribution in [1.29, 1.82) is 0 Å². The Labute approximate surface area is 116 Å². The van der Waals surface area contributed by atoms with Gasteiger partial charge in [-0.25, -0.2) is 4.79 Å². The second-order valence-electron chi connectivity index (χ2n) is 4.46. The Bertz CT molecular complexity index is 681. The number of nitrogens with one attached hydrogen (secondary N) is 1. The van der Waals surface area contributed by atoms with Crippen LogP contribution in [0.15, 0.2) is 21.1 Å². The standard InChI is InChI=1S/C10H12FN5O5/c1-4-3-16(10(19)13-9(4)18)6-2-5(17)7(20-6)8(11)21-15-14-12/h3,5-8,17H,2H2,1H3,(H,13,18,19)/t5-,6+,7-,8?/m0/s1. The van der Waals surface area contributed by atoms with Crippen molar-refractivity contribution in [2.24, 2.45) is 5.28 Å². The number of hydrogen-bond acceptors (Lipinski definition) is 6. The normalized spacial score (nSPS) is 26.1. The molecule has 0 radical (unpaired) electrons. The minimum absolute atomic E-state index is 0.0872. The van der Waals surface area contributed by atoms with E-state index in [4.69, 9.17) is 10.3 Å². The van der Waals surface area contributed by atoms with Crippen LogP contribution in [0.5, 0.6) is 0 Å². The Hall–Kier alpha value is -2.36. The van der Waals surface area contributed by atoms with Crippen LogP contribution in [-0.4, -0.2) is 33.2 Å². The van der Waals surface area contributed by atoms with Crippen LogP contribution in [0.2, 0.25) is 0 Å². The summed E-state index contributed by atoms with van der Waals surface area (Å²) < 4.78 is 19.8. The van der Waals surface area contributed by atoms with Gasteiger partial charge in [0.05, 0.1) is 6.10 Å². The molecule has 0 spiro atoms. The molecule has 2 heterocycles. The summed E-state index contributed by atoms with van der Waals surface area (Å²) in [4.78, 5) is 31.4. The molecule has 11 heteroatoms. The van der Waals surface area contributed by atoms with Crippen molar-refractivity contribution in [3.8, 4) is 0 Å². The van der Waals surface area contributed by atoms with Gasteiger partial charge in [0.15, 0.2) is 6.10 Å². The van der Waals surface area contributed by atoms with Crippen molar-refractivity contribution in [3.63, 3.8) is 0 Å². The van der Waals surface area contributed by atoms with Crippen LogP contribution in [0.4, 0.5) is 4.39 Å². The van der Waals surface area contributed by atoms with Crippen molar-refractivity contribution in [2.45, 2.75) is 38.1 Å². The number of H-pyrrole nitrogens is 1. The topological polar surface area (TPSA) is 142 Å². The molecule has 0 bridgehead atoms. The number of rotatable bonds is 4. The zero-order valence-corrected chi connectivity index (χ0v) is 10.8. The molecular weight excluding hydrogens is 289 g/mol. The molecule has 0 amide bonds. The van der Waals surface area contributed by atoms with E-state index in [-0.39, 0.29) is 12.0 Å². The molecule has 0 aliphatic carbocycles. The van der Waals surface area contributed by atoms with Gasteiger partial charge in [-0.1, -0.05) is 0 Å². The number of aromatic nitrogens is 2. The first-order chi connectivity index (χ1) is 9.93. The second-order valence-corrected chi connectivity index (χ2v) is 4.46. The van der Waals surface area contributed by atoms with E-state index in [1.807, 2.05) is 0 Å². The first kappa shape index (κ1) is 15.0. The Balaban J connectivity index is 2.21. The average Bonchev–Trinajstić information content (AvgIpc) is 2.82. The molecule has 2 N–H and O–H groups in total. The number of aromatic amines is 1. The van der Waals surface area contributed by atoms with Gasteiger partial charge in [-0.15, -0.1) is 0 Å². The SMILES string of the molecule is Cc1cn([C@H]2C[C@H](O)[C@@H](C(F)ON=[N+]=[N-])O2)c(=O)[nH]c1=O. The summed E-state index contributed by atoms with van der Waals surface area (Å²) in [7, 11) is 0. The summed E-state index contributed by atoms with van der Waals surface area (Å²) in [6, 6.07) is 0. The summed E-state index contributed by atoms with van der Waals surface area (Å²) in [5, 5.41) is 12.3. The molecule has 2 rings (SSSR count). The van der Waals surface area contributed by atoms with Gasteiger partial charge < -0.3 is 14.7 Å². The molecule has 0 aromatic carbocycles. The van der Waals surface area contributed by atoms with Crippen molar-refractivity contribution in [3.05, 3.63) is 43.0 Å². The van der Waals surface area contributed by atoms with Gasteiger partial charge in [-0.2, -0.15) is 4.39 Å². The third kappa shape index (κ3) is 3.05. The predicted molar refractivity (Wildman–Crippen MR) is 65.7 cm³/mol. The lowest BCUT2D eigenvalue weighted by Gasteiger charge is -2.18. The molecule has 114 valence electrons. The average molecular weight is 301 g/mol. The maximum atomic E-state index is 13.6. The van der Waals surface area contributed by atoms with E-state index in [9.17, 15) is 19.1 Å². The quantitative estimate of drug-likeness (QED) is 0.349. The Morgan fingerprint density at radius 3 is 3.10 bits per heavy atom. The molecule has 1 aromatic rings. The summed E-state index contributed by atoms with van der Waals surface area (Å²) in [6.45, 7) is 1.49. The number of aryl methyl sites for hydroxylation is 1. The summed E-state index contributed by atoms with van der Waals surface area (Å²) in [5.74, 6) is 0. The first-order valence-corrected chi connectivity index (χ1v) is 5.94. The third-order valence-corrected chi connectivity index (χ3v) is 3.04. The Morgan fingerprint density at radius 1 is 1.71 bits per heavy atom. The molecule has 1 saturated heterocycles. The Kier molecular flexibility index (Phi) is 4.26. The van der Waals surface area contributed by atoms with Gasteiger partial charge in [0, 0.05) is 23.1 Å². The van der Waals surface area contributed by atoms with Gasteiger partial charge >= 0.3 is 5.69 Å². The molecule has 1 aliphatic heterocycles. The molecule has 4 atom stereocenters. The minimum Gasteiger partial charge on any atom is -0.395 e. The van der Waals surface area contributed by atoms with Crippen LogP contribution in [0, 0.1) is 6.92 Å². The van der Waals surface area contributed by atoms with Crippen LogP contribution >= 0.6 is 0 Å². The van der Waals surface area contributed by atoms with E-state index in [0.29, 0.717) is 0 Å². The molecule has 0 saturated carbocycles. The molecule has 10 nitrogen and oxygen atoms in total. The number of halogens is 1. The fourth-order valence-electron chi connectivity index (χ4n) is 2.01. The highest BCUT2D eigenvalue weighted by molar-refractivity contribution is 5.02. The molecule has 1 aromatic heterocycles.